The summed E-state index contributed by atoms with van der Waals surface area (Å²) in [6.45, 7) is 7.49. The number of nitrogens with one attached hydrogen (secondary N) is 1. The van der Waals surface area contributed by atoms with Crippen LogP contribution >= 0.6 is 11.8 Å². The summed E-state index contributed by atoms with van der Waals surface area (Å²) >= 11 is 2.05. The lowest BCUT2D eigenvalue weighted by atomic mass is 9.82. The van der Waals surface area contributed by atoms with Crippen LogP contribution in [0.25, 0.3) is 0 Å². The van der Waals surface area contributed by atoms with Gasteiger partial charge in [0.1, 0.15) is 5.82 Å². The smallest absolute Gasteiger partial charge is 0.125 e. The van der Waals surface area contributed by atoms with E-state index in [0.29, 0.717) is 11.5 Å². The van der Waals surface area contributed by atoms with E-state index in [1.54, 1.807) is 0 Å². The largest absolute Gasteiger partial charge is 0.307 e. The molecule has 1 aliphatic rings. The number of thioether (sulfide) groups is 1. The van der Waals surface area contributed by atoms with Crippen LogP contribution in [0.5, 0.6) is 0 Å². The SMILES string of the molecule is Cc1nccc(CNC2CSCCC2(C)C)n1. The Bertz CT molecular complexity index is 379. The van der Waals surface area contributed by atoms with Gasteiger partial charge in [-0.15, -0.1) is 0 Å². The third-order valence-corrected chi connectivity index (χ3v) is 4.54. The zero-order chi connectivity index (χ0) is 12.3. The summed E-state index contributed by atoms with van der Waals surface area (Å²) in [5.41, 5.74) is 1.48. The van der Waals surface area contributed by atoms with Crippen LogP contribution in [0.1, 0.15) is 31.8 Å². The molecule has 1 fully saturated rings. The summed E-state index contributed by atoms with van der Waals surface area (Å²) in [6.07, 6.45) is 3.12. The van der Waals surface area contributed by atoms with Gasteiger partial charge < -0.3 is 5.32 Å². The summed E-state index contributed by atoms with van der Waals surface area (Å²) in [7, 11) is 0. The minimum Gasteiger partial charge on any atom is -0.307 e. The molecule has 1 aliphatic heterocycles. The van der Waals surface area contributed by atoms with E-state index in [0.717, 1.165) is 18.1 Å². The minimum atomic E-state index is 0.396. The van der Waals surface area contributed by atoms with Crippen molar-refractivity contribution >= 4 is 11.8 Å². The second kappa shape index (κ2) is 5.36. The quantitative estimate of drug-likeness (QED) is 0.895. The van der Waals surface area contributed by atoms with Crippen LogP contribution in [0.4, 0.5) is 0 Å². The summed E-state index contributed by atoms with van der Waals surface area (Å²) in [4.78, 5) is 8.55. The van der Waals surface area contributed by atoms with Crippen LogP contribution in [-0.2, 0) is 6.54 Å². The Kier molecular flexibility index (Phi) is 4.05. The minimum absolute atomic E-state index is 0.396. The molecule has 0 spiro atoms. The predicted octanol–water partition coefficient (Wildman–Crippen LogP) is 2.41. The fourth-order valence-corrected chi connectivity index (χ4v) is 3.74. The lowest BCUT2D eigenvalue weighted by molar-refractivity contribution is 0.244. The molecular weight excluding hydrogens is 230 g/mol. The lowest BCUT2D eigenvalue weighted by Crippen LogP contribution is -2.46. The highest BCUT2D eigenvalue weighted by atomic mass is 32.2. The summed E-state index contributed by atoms with van der Waals surface area (Å²) in [6, 6.07) is 2.57. The normalized spacial score (nSPS) is 23.6. The summed E-state index contributed by atoms with van der Waals surface area (Å²) in [5.74, 6) is 3.34. The Morgan fingerprint density at radius 2 is 2.35 bits per heavy atom. The standard InChI is InChI=1S/C13H21N3S/c1-10-14-6-4-11(16-10)8-15-12-9-17-7-5-13(12,2)3/h4,6,12,15H,5,7-9H2,1-3H3. The van der Waals surface area contributed by atoms with Gasteiger partial charge in [-0.1, -0.05) is 13.8 Å². The van der Waals surface area contributed by atoms with E-state index in [9.17, 15) is 0 Å². The van der Waals surface area contributed by atoms with Gasteiger partial charge in [-0.05, 0) is 30.6 Å². The van der Waals surface area contributed by atoms with Gasteiger partial charge in [0, 0.05) is 24.5 Å². The second-order valence-electron chi connectivity index (χ2n) is 5.34. The van der Waals surface area contributed by atoms with Gasteiger partial charge in [-0.2, -0.15) is 11.8 Å². The second-order valence-corrected chi connectivity index (χ2v) is 6.49. The highest BCUT2D eigenvalue weighted by Gasteiger charge is 2.31. The summed E-state index contributed by atoms with van der Waals surface area (Å²) in [5, 5.41) is 3.64. The molecule has 0 aromatic carbocycles. The van der Waals surface area contributed by atoms with Crippen molar-refractivity contribution in [1.82, 2.24) is 15.3 Å². The van der Waals surface area contributed by atoms with E-state index in [1.807, 2.05) is 30.9 Å². The van der Waals surface area contributed by atoms with Crippen LogP contribution in [0.15, 0.2) is 12.3 Å². The van der Waals surface area contributed by atoms with Gasteiger partial charge >= 0.3 is 0 Å². The van der Waals surface area contributed by atoms with E-state index >= 15 is 0 Å². The first-order valence-electron chi connectivity index (χ1n) is 6.17. The molecule has 0 bridgehead atoms. The molecule has 4 heteroatoms. The average molecular weight is 251 g/mol. The molecule has 0 aliphatic carbocycles. The molecule has 1 unspecified atom stereocenters. The van der Waals surface area contributed by atoms with Gasteiger partial charge in [0.25, 0.3) is 0 Å². The number of aryl methyl sites for hydroxylation is 1. The third kappa shape index (κ3) is 3.42. The number of aromatic nitrogens is 2. The van der Waals surface area contributed by atoms with E-state index in [4.69, 9.17) is 0 Å². The molecule has 0 saturated carbocycles. The topological polar surface area (TPSA) is 37.8 Å². The Balaban J connectivity index is 1.93. The highest BCUT2D eigenvalue weighted by Crippen LogP contribution is 2.34. The molecule has 1 N–H and O–H groups in total. The van der Waals surface area contributed by atoms with Crippen LogP contribution in [0.3, 0.4) is 0 Å². The number of rotatable bonds is 3. The predicted molar refractivity (Wildman–Crippen MR) is 73.1 cm³/mol. The van der Waals surface area contributed by atoms with E-state index in [2.05, 4.69) is 29.1 Å². The third-order valence-electron chi connectivity index (χ3n) is 3.48. The van der Waals surface area contributed by atoms with Crippen molar-refractivity contribution in [3.8, 4) is 0 Å². The van der Waals surface area contributed by atoms with Crippen molar-refractivity contribution in [2.45, 2.75) is 39.8 Å². The zero-order valence-corrected chi connectivity index (χ0v) is 11.7. The Morgan fingerprint density at radius 3 is 3.06 bits per heavy atom. The zero-order valence-electron chi connectivity index (χ0n) is 10.9. The van der Waals surface area contributed by atoms with Crippen molar-refractivity contribution in [1.29, 1.82) is 0 Å². The van der Waals surface area contributed by atoms with E-state index in [-0.39, 0.29) is 0 Å². The molecule has 0 radical (unpaired) electrons. The monoisotopic (exact) mass is 251 g/mol. The Morgan fingerprint density at radius 1 is 1.53 bits per heavy atom. The number of nitrogens with zero attached hydrogens (tertiary/aromatic N) is 2. The molecule has 17 heavy (non-hydrogen) atoms. The van der Waals surface area contributed by atoms with Crippen molar-refractivity contribution in [2.75, 3.05) is 11.5 Å². The van der Waals surface area contributed by atoms with Crippen LogP contribution in [0, 0.1) is 12.3 Å². The molecule has 2 heterocycles. The molecule has 1 aromatic heterocycles. The van der Waals surface area contributed by atoms with Crippen LogP contribution < -0.4 is 5.32 Å². The Labute approximate surface area is 108 Å². The van der Waals surface area contributed by atoms with Gasteiger partial charge in [-0.3, -0.25) is 0 Å². The maximum Gasteiger partial charge on any atom is 0.125 e. The van der Waals surface area contributed by atoms with Crippen molar-refractivity contribution in [3.05, 3.63) is 23.8 Å². The molecule has 0 amide bonds. The Hall–Kier alpha value is -0.610. The van der Waals surface area contributed by atoms with Gasteiger partial charge in [0.15, 0.2) is 0 Å². The van der Waals surface area contributed by atoms with Crippen molar-refractivity contribution < 1.29 is 0 Å². The average Bonchev–Trinajstić information content (AvgIpc) is 2.27. The van der Waals surface area contributed by atoms with Crippen LogP contribution in [0.2, 0.25) is 0 Å². The maximum atomic E-state index is 4.42. The molecule has 1 atom stereocenters. The fourth-order valence-electron chi connectivity index (χ4n) is 2.10. The molecule has 1 aromatic rings. The molecule has 1 saturated heterocycles. The fraction of sp³-hybridized carbons (Fsp3) is 0.692. The molecule has 3 nitrogen and oxygen atoms in total. The number of hydrogen-bond acceptors (Lipinski definition) is 4. The van der Waals surface area contributed by atoms with Gasteiger partial charge in [-0.25, -0.2) is 9.97 Å². The molecule has 2 rings (SSSR count). The van der Waals surface area contributed by atoms with Crippen molar-refractivity contribution in [2.24, 2.45) is 5.41 Å². The summed E-state index contributed by atoms with van der Waals surface area (Å²) < 4.78 is 0. The highest BCUT2D eigenvalue weighted by molar-refractivity contribution is 7.99. The first-order valence-corrected chi connectivity index (χ1v) is 7.33. The van der Waals surface area contributed by atoms with Gasteiger partial charge in [0.05, 0.1) is 5.69 Å². The van der Waals surface area contributed by atoms with E-state index < -0.39 is 0 Å². The molecule has 94 valence electrons. The number of hydrogen-bond donors (Lipinski definition) is 1. The first kappa shape index (κ1) is 12.8. The van der Waals surface area contributed by atoms with E-state index in [1.165, 1.54) is 17.9 Å². The van der Waals surface area contributed by atoms with Gasteiger partial charge in [0.2, 0.25) is 0 Å². The van der Waals surface area contributed by atoms with Crippen molar-refractivity contribution in [3.63, 3.8) is 0 Å². The van der Waals surface area contributed by atoms with Crippen LogP contribution in [-0.4, -0.2) is 27.5 Å². The maximum absolute atomic E-state index is 4.42. The first-order chi connectivity index (χ1) is 8.08. The molecular formula is C13H21N3S. The lowest BCUT2D eigenvalue weighted by Gasteiger charge is -2.38.